The molecule has 1 N–H and O–H groups in total. The lowest BCUT2D eigenvalue weighted by molar-refractivity contribution is -0.138. The summed E-state index contributed by atoms with van der Waals surface area (Å²) in [7, 11) is -1.60. The van der Waals surface area contributed by atoms with E-state index in [4.69, 9.17) is 27.9 Å². The number of hydrogen-bond acceptors (Lipinski definition) is 6. The zero-order valence-electron chi connectivity index (χ0n) is 22.4. The lowest BCUT2D eigenvalue weighted by atomic mass is 9.75. The molecule has 4 rings (SSSR count). The van der Waals surface area contributed by atoms with Gasteiger partial charge in [0.15, 0.2) is 15.6 Å². The second-order valence-corrected chi connectivity index (χ2v) is 12.6. The predicted molar refractivity (Wildman–Crippen MR) is 149 cm³/mol. The largest absolute Gasteiger partial charge is 0.496 e. The van der Waals surface area contributed by atoms with Gasteiger partial charge in [0.05, 0.1) is 33.2 Å². The van der Waals surface area contributed by atoms with E-state index in [-0.39, 0.29) is 28.0 Å². The molecule has 0 aromatic heterocycles. The molecule has 1 saturated heterocycles. The fourth-order valence-corrected chi connectivity index (χ4v) is 6.10. The molecule has 7 nitrogen and oxygen atoms in total. The summed E-state index contributed by atoms with van der Waals surface area (Å²) in [6, 6.07) is 9.92. The summed E-state index contributed by atoms with van der Waals surface area (Å²) in [6.45, 7) is -0.172. The van der Waals surface area contributed by atoms with Crippen molar-refractivity contribution in [2.24, 2.45) is 0 Å². The van der Waals surface area contributed by atoms with Crippen molar-refractivity contribution in [3.63, 3.8) is 0 Å². The van der Waals surface area contributed by atoms with Crippen LogP contribution >= 0.6 is 23.2 Å². The molecule has 1 amide bonds. The van der Waals surface area contributed by atoms with E-state index in [1.807, 2.05) is 0 Å². The fourth-order valence-electron chi connectivity index (χ4n) is 5.14. The number of nitrogens with zero attached hydrogens (tertiary/aromatic N) is 1. The first kappa shape index (κ1) is 31.7. The van der Waals surface area contributed by atoms with Crippen LogP contribution in [0.15, 0.2) is 59.5 Å². The van der Waals surface area contributed by atoms with Crippen LogP contribution in [0, 0.1) is 5.82 Å². The molecule has 3 aromatic rings. The molecule has 42 heavy (non-hydrogen) atoms. The summed E-state index contributed by atoms with van der Waals surface area (Å²) in [5.41, 5.74) is -3.75. The van der Waals surface area contributed by atoms with E-state index in [0.717, 1.165) is 48.6 Å². The third kappa shape index (κ3) is 5.72. The molecule has 224 valence electrons. The maximum atomic E-state index is 15.2. The van der Waals surface area contributed by atoms with Gasteiger partial charge in [0.25, 0.3) is 5.91 Å². The minimum atomic E-state index is -4.86. The van der Waals surface area contributed by atoms with Gasteiger partial charge in [-0.25, -0.2) is 12.8 Å². The van der Waals surface area contributed by atoms with Crippen molar-refractivity contribution in [2.45, 2.75) is 22.5 Å². The Morgan fingerprint density at radius 3 is 2.33 bits per heavy atom. The van der Waals surface area contributed by atoms with Crippen LogP contribution in [0.5, 0.6) is 5.75 Å². The summed E-state index contributed by atoms with van der Waals surface area (Å²) in [4.78, 5) is 28.9. The number of carbonyl (C=O) groups excluding carboxylic acids is 2. The number of Topliss-reactive ketones (excluding diaryl/α,β-unsaturated/α-hetero) is 1. The number of rotatable bonds is 7. The minimum Gasteiger partial charge on any atom is -0.496 e. The number of likely N-dealkylation sites (N-methyl/N-ethyl adjacent to an activating group) is 1. The number of sulfone groups is 1. The van der Waals surface area contributed by atoms with Crippen molar-refractivity contribution in [1.29, 1.82) is 0 Å². The van der Waals surface area contributed by atoms with Gasteiger partial charge in [-0.3, -0.25) is 9.59 Å². The molecule has 1 heterocycles. The molecule has 1 fully saturated rings. The van der Waals surface area contributed by atoms with E-state index >= 15 is 4.39 Å². The lowest BCUT2D eigenvalue weighted by Gasteiger charge is -2.42. The first-order valence-electron chi connectivity index (χ1n) is 12.3. The van der Waals surface area contributed by atoms with Crippen molar-refractivity contribution >= 4 is 44.7 Å². The van der Waals surface area contributed by atoms with Crippen LogP contribution in [0.25, 0.3) is 0 Å². The van der Waals surface area contributed by atoms with E-state index in [2.05, 4.69) is 5.32 Å². The average molecular weight is 647 g/mol. The molecule has 0 unspecified atom stereocenters. The van der Waals surface area contributed by atoms with Gasteiger partial charge in [0.2, 0.25) is 0 Å². The van der Waals surface area contributed by atoms with Gasteiger partial charge in [-0.15, -0.1) is 0 Å². The standard InChI is InChI=1S/C28H24Cl2F4N2O5S/c1-36(26(38)16-5-9-24(41-2)19(10-16)28(32,33)34)27(14-35-13-20(27)15-4-7-21(29)22(30)11-15)25(37)18-12-17(42(3,39)40)6-8-23(18)31/h4-12,20,35H,13-14H2,1-3H3/t20-,27+/m0/s1. The molecule has 1 aliphatic rings. The molecule has 0 radical (unpaired) electrons. The Morgan fingerprint density at radius 2 is 1.74 bits per heavy atom. The monoisotopic (exact) mass is 646 g/mol. The number of alkyl halides is 3. The van der Waals surface area contributed by atoms with Crippen LogP contribution < -0.4 is 10.1 Å². The van der Waals surface area contributed by atoms with Crippen LogP contribution in [0.3, 0.4) is 0 Å². The Labute approximate surface area is 249 Å². The van der Waals surface area contributed by atoms with Gasteiger partial charge < -0.3 is 15.0 Å². The first-order valence-corrected chi connectivity index (χ1v) is 14.9. The van der Waals surface area contributed by atoms with E-state index < -0.39 is 67.4 Å². The molecule has 0 spiro atoms. The number of nitrogens with one attached hydrogen (secondary N) is 1. The fraction of sp³-hybridized carbons (Fsp3) is 0.286. The minimum absolute atomic E-state index is 0.0745. The maximum Gasteiger partial charge on any atom is 0.419 e. The highest BCUT2D eigenvalue weighted by Crippen LogP contribution is 2.43. The SMILES string of the molecule is COc1ccc(C(=O)N(C)[C@]2(C(=O)c3cc(S(C)(=O)=O)ccc3F)CNC[C@H]2c2ccc(Cl)c(Cl)c2)cc1C(F)(F)F. The highest BCUT2D eigenvalue weighted by atomic mass is 35.5. The van der Waals surface area contributed by atoms with Gasteiger partial charge in [-0.1, -0.05) is 29.3 Å². The molecule has 0 aliphatic carbocycles. The van der Waals surface area contributed by atoms with E-state index in [1.165, 1.54) is 19.2 Å². The Bertz CT molecular complexity index is 1680. The van der Waals surface area contributed by atoms with E-state index in [0.29, 0.717) is 11.6 Å². The van der Waals surface area contributed by atoms with Crippen LogP contribution in [0.1, 0.15) is 37.8 Å². The highest BCUT2D eigenvalue weighted by molar-refractivity contribution is 7.90. The van der Waals surface area contributed by atoms with E-state index in [1.54, 1.807) is 6.07 Å². The zero-order valence-corrected chi connectivity index (χ0v) is 24.7. The molecular weight excluding hydrogens is 623 g/mol. The topological polar surface area (TPSA) is 92.8 Å². The molecule has 0 bridgehead atoms. The van der Waals surface area contributed by atoms with Gasteiger partial charge in [0.1, 0.15) is 17.1 Å². The summed E-state index contributed by atoms with van der Waals surface area (Å²) in [5.74, 6) is -4.41. The maximum absolute atomic E-state index is 15.2. The Kier molecular flexibility index (Phi) is 8.67. The van der Waals surface area contributed by atoms with Gasteiger partial charge in [0, 0.05) is 37.9 Å². The van der Waals surface area contributed by atoms with Crippen LogP contribution in [-0.2, 0) is 16.0 Å². The lowest BCUT2D eigenvalue weighted by Crippen LogP contribution is -2.60. The van der Waals surface area contributed by atoms with E-state index in [9.17, 15) is 31.2 Å². The summed E-state index contributed by atoms with van der Waals surface area (Å²) < 4.78 is 85.7. The molecular formula is C28H24Cl2F4N2O5S. The Morgan fingerprint density at radius 1 is 1.05 bits per heavy atom. The molecule has 2 atom stereocenters. The summed E-state index contributed by atoms with van der Waals surface area (Å²) >= 11 is 12.3. The normalized spacial score (nSPS) is 19.0. The van der Waals surface area contributed by atoms with Crippen LogP contribution in [0.2, 0.25) is 10.0 Å². The number of halogens is 6. The third-order valence-electron chi connectivity index (χ3n) is 7.32. The summed E-state index contributed by atoms with van der Waals surface area (Å²) in [5, 5.41) is 3.36. The molecule has 3 aromatic carbocycles. The number of benzene rings is 3. The van der Waals surface area contributed by atoms with Crippen molar-refractivity contribution in [3.05, 3.63) is 92.7 Å². The van der Waals surface area contributed by atoms with Crippen molar-refractivity contribution < 1.29 is 40.3 Å². The third-order valence-corrected chi connectivity index (χ3v) is 9.17. The highest BCUT2D eigenvalue weighted by Gasteiger charge is 2.55. The van der Waals surface area contributed by atoms with Crippen LogP contribution in [-0.4, -0.2) is 64.0 Å². The molecule has 1 aliphatic heterocycles. The molecule has 0 saturated carbocycles. The van der Waals surface area contributed by atoms with Gasteiger partial charge >= 0.3 is 6.18 Å². The second kappa shape index (κ2) is 11.5. The average Bonchev–Trinajstić information content (AvgIpc) is 3.38. The van der Waals surface area contributed by atoms with Crippen molar-refractivity contribution in [1.82, 2.24) is 10.2 Å². The number of ketones is 1. The van der Waals surface area contributed by atoms with Crippen molar-refractivity contribution in [3.8, 4) is 5.75 Å². The van der Waals surface area contributed by atoms with Crippen molar-refractivity contribution in [2.75, 3.05) is 33.5 Å². The molecule has 14 heteroatoms. The first-order chi connectivity index (χ1) is 19.5. The smallest absolute Gasteiger partial charge is 0.419 e. The number of ether oxygens (including phenoxy) is 1. The number of amides is 1. The van der Waals surface area contributed by atoms with Crippen LogP contribution in [0.4, 0.5) is 17.6 Å². The van der Waals surface area contributed by atoms with Gasteiger partial charge in [-0.2, -0.15) is 13.2 Å². The predicted octanol–water partition coefficient (Wildman–Crippen LogP) is 5.64. The number of carbonyl (C=O) groups is 2. The zero-order chi connectivity index (χ0) is 31.2. The number of methoxy groups -OCH3 is 1. The quantitative estimate of drug-likeness (QED) is 0.203. The van der Waals surface area contributed by atoms with Gasteiger partial charge in [-0.05, 0) is 54.1 Å². The number of hydrogen-bond donors (Lipinski definition) is 1. The Balaban J connectivity index is 1.93. The Hall–Kier alpha value is -3.19. The summed E-state index contributed by atoms with van der Waals surface area (Å²) in [6.07, 6.45) is -3.97. The second-order valence-electron chi connectivity index (χ2n) is 9.80.